The van der Waals surface area contributed by atoms with E-state index in [9.17, 15) is 14.0 Å². The van der Waals surface area contributed by atoms with Crippen molar-refractivity contribution in [2.45, 2.75) is 6.92 Å². The number of nitrogens with zero attached hydrogens (tertiary/aromatic N) is 1. The molecular weight excluding hydrogens is 285 g/mol. The Morgan fingerprint density at radius 2 is 1.73 bits per heavy atom. The molecular formula is C16H14FN3O2. The van der Waals surface area contributed by atoms with E-state index < -0.39 is 11.8 Å². The number of hydrogen-bond donors (Lipinski definition) is 2. The predicted molar refractivity (Wildman–Crippen MR) is 81.9 cm³/mol. The van der Waals surface area contributed by atoms with Crippen molar-refractivity contribution in [3.05, 3.63) is 65.5 Å². The van der Waals surface area contributed by atoms with Crippen LogP contribution in [-0.2, 0) is 9.59 Å². The summed E-state index contributed by atoms with van der Waals surface area (Å²) < 4.78 is 12.7. The first-order chi connectivity index (χ1) is 10.6. The largest absolute Gasteiger partial charge is 0.329 e. The number of nitrogens with one attached hydrogen (secondary N) is 2. The van der Waals surface area contributed by atoms with Crippen LogP contribution in [0.5, 0.6) is 0 Å². The molecule has 0 aliphatic rings. The van der Waals surface area contributed by atoms with Crippen molar-refractivity contribution < 1.29 is 14.0 Å². The number of carbonyl (C=O) groups is 2. The van der Waals surface area contributed by atoms with Crippen molar-refractivity contribution in [2.75, 3.05) is 5.32 Å². The Hall–Kier alpha value is -3.02. The number of amides is 2. The number of para-hydroxylation sites is 1. The zero-order valence-electron chi connectivity index (χ0n) is 11.8. The smallest absolute Gasteiger partial charge is 0.317 e. The molecule has 112 valence electrons. The van der Waals surface area contributed by atoms with Crippen LogP contribution in [0.25, 0.3) is 0 Å². The van der Waals surface area contributed by atoms with E-state index in [0.717, 1.165) is 5.56 Å². The summed E-state index contributed by atoms with van der Waals surface area (Å²) in [5.74, 6) is -2.06. The van der Waals surface area contributed by atoms with Gasteiger partial charge in [0, 0.05) is 5.69 Å². The van der Waals surface area contributed by atoms with E-state index in [1.165, 1.54) is 30.5 Å². The molecule has 0 aromatic heterocycles. The average molecular weight is 299 g/mol. The van der Waals surface area contributed by atoms with Crippen molar-refractivity contribution in [1.29, 1.82) is 0 Å². The molecule has 0 bridgehead atoms. The Labute approximate surface area is 126 Å². The highest BCUT2D eigenvalue weighted by atomic mass is 19.1. The summed E-state index contributed by atoms with van der Waals surface area (Å²) in [6, 6.07) is 12.6. The molecule has 2 amide bonds. The van der Waals surface area contributed by atoms with Gasteiger partial charge in [0.1, 0.15) is 5.82 Å². The van der Waals surface area contributed by atoms with Crippen LogP contribution in [0.2, 0.25) is 0 Å². The summed E-state index contributed by atoms with van der Waals surface area (Å²) in [5.41, 5.74) is 4.11. The van der Waals surface area contributed by atoms with Crippen LogP contribution in [0.1, 0.15) is 11.1 Å². The third-order valence-electron chi connectivity index (χ3n) is 2.85. The fourth-order valence-corrected chi connectivity index (χ4v) is 1.66. The first-order valence-electron chi connectivity index (χ1n) is 6.52. The van der Waals surface area contributed by atoms with E-state index >= 15 is 0 Å². The van der Waals surface area contributed by atoms with E-state index in [4.69, 9.17) is 0 Å². The molecule has 0 saturated carbocycles. The molecule has 0 radical (unpaired) electrons. The van der Waals surface area contributed by atoms with Crippen LogP contribution in [0.15, 0.2) is 53.6 Å². The maximum absolute atomic E-state index is 12.7. The Kier molecular flexibility index (Phi) is 4.98. The van der Waals surface area contributed by atoms with E-state index in [1.54, 1.807) is 12.1 Å². The lowest BCUT2D eigenvalue weighted by atomic mass is 10.2. The van der Waals surface area contributed by atoms with Crippen molar-refractivity contribution in [2.24, 2.45) is 5.10 Å². The lowest BCUT2D eigenvalue weighted by Crippen LogP contribution is -2.32. The lowest BCUT2D eigenvalue weighted by Gasteiger charge is -2.06. The predicted octanol–water partition coefficient (Wildman–Crippen LogP) is 2.22. The topological polar surface area (TPSA) is 70.6 Å². The van der Waals surface area contributed by atoms with E-state index in [0.29, 0.717) is 11.3 Å². The molecule has 2 rings (SSSR count). The molecule has 22 heavy (non-hydrogen) atoms. The molecule has 0 fully saturated rings. The first-order valence-corrected chi connectivity index (χ1v) is 6.52. The molecule has 6 heteroatoms. The van der Waals surface area contributed by atoms with Gasteiger partial charge in [0.05, 0.1) is 6.21 Å². The van der Waals surface area contributed by atoms with Crippen molar-refractivity contribution in [3.8, 4) is 0 Å². The van der Waals surface area contributed by atoms with Gasteiger partial charge >= 0.3 is 11.8 Å². The van der Waals surface area contributed by atoms with Gasteiger partial charge in [-0.3, -0.25) is 9.59 Å². The molecule has 0 heterocycles. The monoisotopic (exact) mass is 299 g/mol. The van der Waals surface area contributed by atoms with Gasteiger partial charge in [0.15, 0.2) is 0 Å². The van der Waals surface area contributed by atoms with Gasteiger partial charge in [-0.1, -0.05) is 30.3 Å². The van der Waals surface area contributed by atoms with Gasteiger partial charge in [0.25, 0.3) is 0 Å². The van der Waals surface area contributed by atoms with Gasteiger partial charge in [-0.25, -0.2) is 9.82 Å². The molecule has 0 unspecified atom stereocenters. The van der Waals surface area contributed by atoms with Crippen molar-refractivity contribution in [3.63, 3.8) is 0 Å². The van der Waals surface area contributed by atoms with Gasteiger partial charge in [-0.15, -0.1) is 0 Å². The fraction of sp³-hybridized carbons (Fsp3) is 0.0625. The Bertz CT molecular complexity index is 712. The number of aryl methyl sites for hydroxylation is 1. The second-order valence-electron chi connectivity index (χ2n) is 4.52. The Morgan fingerprint density at radius 1 is 1.05 bits per heavy atom. The second-order valence-corrected chi connectivity index (χ2v) is 4.52. The van der Waals surface area contributed by atoms with Crippen molar-refractivity contribution >= 4 is 23.7 Å². The number of anilines is 1. The van der Waals surface area contributed by atoms with Crippen LogP contribution < -0.4 is 10.7 Å². The molecule has 2 aromatic rings. The number of carbonyl (C=O) groups excluding carboxylic acids is 2. The summed E-state index contributed by atoms with van der Waals surface area (Å²) in [6.07, 6.45) is 1.32. The molecule has 0 atom stereocenters. The lowest BCUT2D eigenvalue weighted by molar-refractivity contribution is -0.136. The summed E-state index contributed by atoms with van der Waals surface area (Å²) in [5, 5.41) is 6.14. The van der Waals surface area contributed by atoms with Gasteiger partial charge < -0.3 is 5.32 Å². The van der Waals surface area contributed by atoms with Crippen molar-refractivity contribution in [1.82, 2.24) is 5.43 Å². The zero-order chi connectivity index (χ0) is 15.9. The van der Waals surface area contributed by atoms with E-state index in [1.807, 2.05) is 19.1 Å². The molecule has 5 nitrogen and oxygen atoms in total. The normalized spacial score (nSPS) is 10.5. The minimum atomic E-state index is -0.887. The molecule has 0 saturated heterocycles. The number of hydrogen-bond acceptors (Lipinski definition) is 3. The molecule has 0 aliphatic carbocycles. The minimum Gasteiger partial charge on any atom is -0.317 e. The zero-order valence-corrected chi connectivity index (χ0v) is 11.8. The maximum Gasteiger partial charge on any atom is 0.329 e. The standard InChI is InChI=1S/C16H14FN3O2/c1-11-4-2-3-5-14(11)19-15(21)16(22)20-18-10-12-6-8-13(17)9-7-12/h2-10H,1H3,(H,19,21)(H,20,22)/b18-10+. The minimum absolute atomic E-state index is 0.362. The second kappa shape index (κ2) is 7.12. The third-order valence-corrected chi connectivity index (χ3v) is 2.85. The summed E-state index contributed by atoms with van der Waals surface area (Å²) in [4.78, 5) is 23.3. The van der Waals surface area contributed by atoms with Crippen LogP contribution in [0.4, 0.5) is 10.1 Å². The summed E-state index contributed by atoms with van der Waals surface area (Å²) >= 11 is 0. The average Bonchev–Trinajstić information content (AvgIpc) is 2.51. The first kappa shape index (κ1) is 15.4. The van der Waals surface area contributed by atoms with Crippen LogP contribution >= 0.6 is 0 Å². The highest BCUT2D eigenvalue weighted by Crippen LogP contribution is 2.12. The maximum atomic E-state index is 12.7. The highest BCUT2D eigenvalue weighted by Gasteiger charge is 2.13. The quantitative estimate of drug-likeness (QED) is 0.518. The fourth-order valence-electron chi connectivity index (χ4n) is 1.66. The van der Waals surface area contributed by atoms with Crippen LogP contribution in [0, 0.1) is 12.7 Å². The Morgan fingerprint density at radius 3 is 2.41 bits per heavy atom. The van der Waals surface area contributed by atoms with Crippen LogP contribution in [-0.4, -0.2) is 18.0 Å². The SMILES string of the molecule is Cc1ccccc1NC(=O)C(=O)N/N=C/c1ccc(F)cc1. The summed E-state index contributed by atoms with van der Waals surface area (Å²) in [6.45, 7) is 1.82. The molecule has 0 aliphatic heterocycles. The molecule has 2 aromatic carbocycles. The highest BCUT2D eigenvalue weighted by molar-refractivity contribution is 6.39. The van der Waals surface area contributed by atoms with Crippen LogP contribution in [0.3, 0.4) is 0 Å². The molecule has 0 spiro atoms. The number of benzene rings is 2. The van der Waals surface area contributed by atoms with Gasteiger partial charge in [0.2, 0.25) is 0 Å². The Balaban J connectivity index is 1.90. The number of halogens is 1. The molecule has 2 N–H and O–H groups in total. The number of hydrazone groups is 1. The van der Waals surface area contributed by atoms with E-state index in [2.05, 4.69) is 15.8 Å². The van der Waals surface area contributed by atoms with E-state index in [-0.39, 0.29) is 5.82 Å². The summed E-state index contributed by atoms with van der Waals surface area (Å²) in [7, 11) is 0. The number of rotatable bonds is 3. The third kappa shape index (κ3) is 4.24. The van der Waals surface area contributed by atoms with Gasteiger partial charge in [-0.2, -0.15) is 5.10 Å². The van der Waals surface area contributed by atoms with Gasteiger partial charge in [-0.05, 0) is 36.2 Å².